The summed E-state index contributed by atoms with van der Waals surface area (Å²) < 4.78 is 34.3. The van der Waals surface area contributed by atoms with E-state index in [0.717, 1.165) is 21.3 Å². The second-order valence-electron chi connectivity index (χ2n) is 13.5. The number of aliphatic hydroxyl groups excluding tert-OH is 1. The molecule has 0 unspecified atom stereocenters. The van der Waals surface area contributed by atoms with Gasteiger partial charge in [0.2, 0.25) is 0 Å². The monoisotopic (exact) mass is 747 g/mol. The Morgan fingerprint density at radius 1 is 0.943 bits per heavy atom. The number of hydrogen-bond donors (Lipinski definition) is 3. The van der Waals surface area contributed by atoms with E-state index in [9.17, 15) is 20.1 Å². The predicted octanol–water partition coefficient (Wildman–Crippen LogP) is 5.01. The van der Waals surface area contributed by atoms with E-state index >= 15 is 0 Å². The van der Waals surface area contributed by atoms with Gasteiger partial charge in [-0.15, -0.1) is 0 Å². The number of nitrogens with two attached hydrogens (primary N) is 1. The molecule has 53 heavy (non-hydrogen) atoms. The van der Waals surface area contributed by atoms with Gasteiger partial charge in [0.1, 0.15) is 0 Å². The zero-order chi connectivity index (χ0) is 38.3. The van der Waals surface area contributed by atoms with Gasteiger partial charge in [0.05, 0.1) is 0 Å². The average Bonchev–Trinajstić information content (AvgIpc) is 3.44. The van der Waals surface area contributed by atoms with Gasteiger partial charge in [0.15, 0.2) is 0 Å². The van der Waals surface area contributed by atoms with Crippen LogP contribution in [-0.2, 0) is 19.6 Å². The normalized spacial score (nSPS) is 19.4. The van der Waals surface area contributed by atoms with Crippen LogP contribution in [0.1, 0.15) is 57.0 Å². The third-order valence-electron chi connectivity index (χ3n) is 9.48. The Labute approximate surface area is 311 Å². The standard InChI is InChI=1S/C39H50N5O8P/c1-26(2)44(27(3)4)53(47,24-10-22-40)52-36-33(51-37(35(36)45)43-23-21-34(41)42-38(43)46)25-50-39(28-11-8-7-9-12-28,29-13-17-31(48-5)18-14-29)30-15-19-32(49-6)20-16-30/h7-9,11-21,23,26-27,33,35-37,45,47,53H,10,24-25H2,1-6H3,(H2,41,42,46)/t33-,35-,36-,37-/m1/s1. The first-order chi connectivity index (χ1) is 25.4. The fourth-order valence-electron chi connectivity index (χ4n) is 7.22. The predicted molar refractivity (Wildman–Crippen MR) is 204 cm³/mol. The second-order valence-corrected chi connectivity index (χ2v) is 16.2. The summed E-state index contributed by atoms with van der Waals surface area (Å²) in [6, 6.07) is 28.1. The van der Waals surface area contributed by atoms with Gasteiger partial charge in [-0.05, 0) is 0 Å². The second kappa shape index (κ2) is 17.2. The summed E-state index contributed by atoms with van der Waals surface area (Å²) in [5, 5.41) is 21.6. The van der Waals surface area contributed by atoms with Crippen LogP contribution < -0.4 is 20.9 Å². The minimum absolute atomic E-state index is 0.0147. The molecule has 0 saturated carbocycles. The van der Waals surface area contributed by atoms with Crippen molar-refractivity contribution in [3.8, 4) is 17.6 Å². The Morgan fingerprint density at radius 2 is 1.49 bits per heavy atom. The van der Waals surface area contributed by atoms with Gasteiger partial charge in [-0.1, -0.05) is 0 Å². The van der Waals surface area contributed by atoms with Crippen molar-refractivity contribution < 1.29 is 33.5 Å². The van der Waals surface area contributed by atoms with Crippen molar-refractivity contribution in [1.82, 2.24) is 14.2 Å². The molecule has 284 valence electrons. The average molecular weight is 748 g/mol. The zero-order valence-electron chi connectivity index (χ0n) is 31.0. The first-order valence-corrected chi connectivity index (χ1v) is 19.6. The first-order valence-electron chi connectivity index (χ1n) is 17.6. The number of rotatable bonds is 16. The summed E-state index contributed by atoms with van der Waals surface area (Å²) in [5.74, 6) is 1.34. The minimum atomic E-state index is -3.95. The zero-order valence-corrected chi connectivity index (χ0v) is 32.0. The molecule has 0 bridgehead atoms. The molecule has 1 aromatic heterocycles. The van der Waals surface area contributed by atoms with E-state index in [-0.39, 0.29) is 37.1 Å². The van der Waals surface area contributed by atoms with E-state index in [1.807, 2.05) is 111 Å². The Hall–Kier alpha value is -4.38. The van der Waals surface area contributed by atoms with Crippen molar-refractivity contribution in [3.05, 3.63) is 118 Å². The Balaban J connectivity index is 1.65. The first kappa shape index (κ1) is 39.8. The molecular weight excluding hydrogens is 697 g/mol. The van der Waals surface area contributed by atoms with Gasteiger partial charge in [0, 0.05) is 0 Å². The van der Waals surface area contributed by atoms with Crippen molar-refractivity contribution in [1.29, 1.82) is 5.26 Å². The Morgan fingerprint density at radius 3 is 1.98 bits per heavy atom. The SMILES string of the molecule is COc1ccc(C(OC[C@H]2O[C@@H](n3ccc(N)nc3=O)[C@H](O)[C@@H]2O[PH](O)(CCC#N)N(C(C)C)C(C)C)(c2ccccc2)c2ccc(OC)cc2)cc1. The molecule has 5 rings (SSSR count). The number of ether oxygens (including phenoxy) is 4. The van der Waals surface area contributed by atoms with Crippen LogP contribution in [0.25, 0.3) is 0 Å². The molecular formula is C39H50N5O8P. The summed E-state index contributed by atoms with van der Waals surface area (Å²) in [5.41, 5.74) is 6.15. The van der Waals surface area contributed by atoms with Gasteiger partial charge in [-0.3, -0.25) is 0 Å². The third-order valence-corrected chi connectivity index (χ3v) is 12.9. The van der Waals surface area contributed by atoms with E-state index in [0.29, 0.717) is 11.5 Å². The number of aromatic nitrogens is 2. The van der Waals surface area contributed by atoms with Gasteiger partial charge in [-0.2, -0.15) is 0 Å². The van der Waals surface area contributed by atoms with Crippen molar-refractivity contribution >= 4 is 13.7 Å². The van der Waals surface area contributed by atoms with Gasteiger partial charge in [0.25, 0.3) is 0 Å². The van der Waals surface area contributed by atoms with Crippen molar-refractivity contribution in [2.75, 3.05) is 32.7 Å². The molecule has 1 aliphatic rings. The van der Waals surface area contributed by atoms with Gasteiger partial charge >= 0.3 is 312 Å². The van der Waals surface area contributed by atoms with E-state index < -0.39 is 43.7 Å². The molecule has 13 nitrogen and oxygen atoms in total. The molecule has 14 heteroatoms. The number of benzene rings is 3. The van der Waals surface area contributed by atoms with Crippen LogP contribution in [0.2, 0.25) is 0 Å². The number of aliphatic hydroxyl groups is 1. The molecule has 3 aromatic carbocycles. The van der Waals surface area contributed by atoms with Crippen LogP contribution >= 0.6 is 7.87 Å². The summed E-state index contributed by atoms with van der Waals surface area (Å²) in [6.45, 7) is 7.59. The van der Waals surface area contributed by atoms with Crippen LogP contribution in [0.4, 0.5) is 5.82 Å². The van der Waals surface area contributed by atoms with Crippen molar-refractivity contribution in [3.63, 3.8) is 0 Å². The van der Waals surface area contributed by atoms with Gasteiger partial charge in [-0.25, -0.2) is 0 Å². The van der Waals surface area contributed by atoms with E-state index in [1.54, 1.807) is 14.2 Å². The fourth-order valence-corrected chi connectivity index (χ4v) is 10.5. The number of anilines is 1. The van der Waals surface area contributed by atoms with E-state index in [2.05, 4.69) is 11.1 Å². The Bertz CT molecular complexity index is 1830. The molecule has 2 heterocycles. The molecule has 0 amide bonds. The summed E-state index contributed by atoms with van der Waals surface area (Å²) >= 11 is 0. The fraction of sp³-hybridized carbons (Fsp3) is 0.410. The number of nitriles is 1. The molecule has 4 aromatic rings. The number of methoxy groups -OCH3 is 2. The summed E-state index contributed by atoms with van der Waals surface area (Å²) in [7, 11) is -0.754. The molecule has 1 saturated heterocycles. The summed E-state index contributed by atoms with van der Waals surface area (Å²) in [4.78, 5) is 29.3. The summed E-state index contributed by atoms with van der Waals surface area (Å²) in [6.07, 6.45) is -3.46. The van der Waals surface area contributed by atoms with Crippen LogP contribution in [0, 0.1) is 11.3 Å². The molecule has 1 aliphatic heterocycles. The number of hydrogen-bond acceptors (Lipinski definition) is 12. The van der Waals surface area contributed by atoms with E-state index in [1.165, 1.54) is 12.3 Å². The molecule has 4 N–H and O–H groups in total. The number of nitrogens with zero attached hydrogens (tertiary/aromatic N) is 4. The van der Waals surface area contributed by atoms with Crippen LogP contribution in [0.3, 0.4) is 0 Å². The third kappa shape index (κ3) is 8.40. The molecule has 4 atom stereocenters. The maximum atomic E-state index is 13.1. The Kier molecular flexibility index (Phi) is 12.9. The van der Waals surface area contributed by atoms with Crippen molar-refractivity contribution in [2.24, 2.45) is 0 Å². The van der Waals surface area contributed by atoms with Crippen LogP contribution in [0.15, 0.2) is 95.9 Å². The quantitative estimate of drug-likeness (QED) is 0.103. The van der Waals surface area contributed by atoms with Crippen molar-refractivity contribution in [2.45, 2.75) is 76.3 Å². The molecule has 1 fully saturated rings. The van der Waals surface area contributed by atoms with E-state index in [4.69, 9.17) is 29.2 Å². The molecule has 0 aliphatic carbocycles. The van der Waals surface area contributed by atoms with Crippen LogP contribution in [-0.4, -0.2) is 81.6 Å². The van der Waals surface area contributed by atoms with Crippen LogP contribution in [0.5, 0.6) is 11.5 Å². The maximum absolute atomic E-state index is 13.1. The molecule has 0 spiro atoms. The topological polar surface area (TPSA) is 175 Å². The number of nitrogen functional groups attached to an aromatic ring is 1. The van der Waals surface area contributed by atoms with Gasteiger partial charge < -0.3 is 0 Å². The molecule has 0 radical (unpaired) electrons.